The van der Waals surface area contributed by atoms with Crippen LogP contribution in [0.2, 0.25) is 0 Å². The molecule has 1 aromatic carbocycles. The maximum absolute atomic E-state index is 12.1. The minimum Gasteiger partial charge on any atom is -0.343 e. The van der Waals surface area contributed by atoms with Crippen LogP contribution in [-0.2, 0) is 4.79 Å². The van der Waals surface area contributed by atoms with Crippen LogP contribution in [-0.4, -0.2) is 49.4 Å². The van der Waals surface area contributed by atoms with Crippen LogP contribution in [0.3, 0.4) is 0 Å². The van der Waals surface area contributed by atoms with Crippen molar-refractivity contribution in [1.82, 2.24) is 15.5 Å². The molecule has 2 N–H and O–H groups in total. The van der Waals surface area contributed by atoms with Crippen molar-refractivity contribution in [1.29, 1.82) is 0 Å². The van der Waals surface area contributed by atoms with Gasteiger partial charge in [-0.25, -0.2) is 0 Å². The summed E-state index contributed by atoms with van der Waals surface area (Å²) in [6.07, 6.45) is 2.10. The van der Waals surface area contributed by atoms with Crippen LogP contribution in [0.1, 0.15) is 23.2 Å². The lowest BCUT2D eigenvalue weighted by molar-refractivity contribution is -0.131. The van der Waals surface area contributed by atoms with Crippen LogP contribution in [0.4, 0.5) is 0 Å². The third kappa shape index (κ3) is 5.02. The molecule has 1 fully saturated rings. The molecule has 0 radical (unpaired) electrons. The Balaban J connectivity index is 0.00000220. The number of piperidine rings is 1. The number of likely N-dealkylation sites (tertiary alicyclic amines) is 1. The van der Waals surface area contributed by atoms with Crippen LogP contribution in [0, 0.1) is 0 Å². The molecule has 1 aromatic rings. The number of benzene rings is 1. The van der Waals surface area contributed by atoms with Crippen molar-refractivity contribution in [2.45, 2.75) is 18.9 Å². The summed E-state index contributed by atoms with van der Waals surface area (Å²) in [4.78, 5) is 25.8. The number of nitrogens with one attached hydrogen (secondary N) is 2. The van der Waals surface area contributed by atoms with Gasteiger partial charge in [0.05, 0.1) is 6.54 Å². The van der Waals surface area contributed by atoms with Gasteiger partial charge in [-0.15, -0.1) is 12.4 Å². The highest BCUT2D eigenvalue weighted by atomic mass is 35.5. The van der Waals surface area contributed by atoms with E-state index in [1.54, 1.807) is 24.3 Å². The summed E-state index contributed by atoms with van der Waals surface area (Å²) in [7, 11) is 1.91. The largest absolute Gasteiger partial charge is 0.343 e. The molecule has 21 heavy (non-hydrogen) atoms. The minimum absolute atomic E-state index is 0. The average Bonchev–Trinajstić information content (AvgIpc) is 2.53. The summed E-state index contributed by atoms with van der Waals surface area (Å²) >= 11 is 0. The average molecular weight is 312 g/mol. The zero-order chi connectivity index (χ0) is 14.4. The van der Waals surface area contributed by atoms with Crippen LogP contribution >= 0.6 is 12.4 Å². The van der Waals surface area contributed by atoms with Crippen LogP contribution in [0.15, 0.2) is 30.3 Å². The third-order valence-corrected chi connectivity index (χ3v) is 3.62. The van der Waals surface area contributed by atoms with Gasteiger partial charge in [0.25, 0.3) is 5.91 Å². The van der Waals surface area contributed by atoms with E-state index in [0.29, 0.717) is 11.6 Å². The molecule has 2 rings (SSSR count). The molecule has 6 heteroatoms. The van der Waals surface area contributed by atoms with E-state index < -0.39 is 0 Å². The zero-order valence-electron chi connectivity index (χ0n) is 12.2. The number of carbonyl (C=O) groups is 2. The van der Waals surface area contributed by atoms with Gasteiger partial charge in [0.2, 0.25) is 5.91 Å². The van der Waals surface area contributed by atoms with Gasteiger partial charge in [-0.2, -0.15) is 0 Å². The number of hydrogen-bond donors (Lipinski definition) is 2. The van der Waals surface area contributed by atoms with E-state index in [-0.39, 0.29) is 30.8 Å². The Kier molecular flexibility index (Phi) is 7.19. The van der Waals surface area contributed by atoms with Crippen LogP contribution < -0.4 is 10.6 Å². The lowest BCUT2D eigenvalue weighted by Crippen LogP contribution is -2.49. The number of halogens is 1. The van der Waals surface area contributed by atoms with Crippen molar-refractivity contribution in [3.8, 4) is 0 Å². The highest BCUT2D eigenvalue weighted by Gasteiger charge is 2.22. The first-order valence-corrected chi connectivity index (χ1v) is 6.99. The van der Waals surface area contributed by atoms with Gasteiger partial charge >= 0.3 is 0 Å². The van der Waals surface area contributed by atoms with E-state index in [0.717, 1.165) is 25.9 Å². The first-order chi connectivity index (χ1) is 9.70. The predicted molar refractivity (Wildman–Crippen MR) is 84.7 cm³/mol. The first-order valence-electron chi connectivity index (χ1n) is 6.99. The molecule has 0 saturated carbocycles. The van der Waals surface area contributed by atoms with Gasteiger partial charge in [-0.1, -0.05) is 18.2 Å². The van der Waals surface area contributed by atoms with E-state index in [4.69, 9.17) is 0 Å². The SMILES string of the molecule is CNC1CCCN(C(=O)CNC(=O)c2ccccc2)C1.Cl. The van der Waals surface area contributed by atoms with E-state index >= 15 is 0 Å². The normalized spacial score (nSPS) is 17.8. The number of amides is 2. The second kappa shape index (κ2) is 8.64. The molecule has 2 amide bonds. The number of hydrogen-bond acceptors (Lipinski definition) is 3. The number of carbonyl (C=O) groups excluding carboxylic acids is 2. The summed E-state index contributed by atoms with van der Waals surface area (Å²) in [6.45, 7) is 1.55. The van der Waals surface area contributed by atoms with Crippen molar-refractivity contribution in [2.75, 3.05) is 26.7 Å². The van der Waals surface area contributed by atoms with E-state index in [1.165, 1.54) is 0 Å². The molecule has 5 nitrogen and oxygen atoms in total. The van der Waals surface area contributed by atoms with Gasteiger partial charge in [0.15, 0.2) is 0 Å². The summed E-state index contributed by atoms with van der Waals surface area (Å²) in [5.41, 5.74) is 0.576. The van der Waals surface area contributed by atoms with Gasteiger partial charge in [0.1, 0.15) is 0 Å². The monoisotopic (exact) mass is 311 g/mol. The number of nitrogens with zero attached hydrogens (tertiary/aromatic N) is 1. The molecule has 1 aliphatic heterocycles. The Bertz CT molecular complexity index is 467. The molecule has 0 aromatic heterocycles. The van der Waals surface area contributed by atoms with E-state index in [9.17, 15) is 9.59 Å². The van der Waals surface area contributed by atoms with Crippen molar-refractivity contribution < 1.29 is 9.59 Å². The lowest BCUT2D eigenvalue weighted by Gasteiger charge is -2.32. The second-order valence-corrected chi connectivity index (χ2v) is 5.02. The van der Waals surface area contributed by atoms with E-state index in [2.05, 4.69) is 10.6 Å². The second-order valence-electron chi connectivity index (χ2n) is 5.02. The molecule has 1 aliphatic rings. The maximum atomic E-state index is 12.1. The molecule has 1 atom stereocenters. The zero-order valence-corrected chi connectivity index (χ0v) is 13.0. The Labute approximate surface area is 131 Å². The molecular weight excluding hydrogens is 290 g/mol. The Morgan fingerprint density at radius 3 is 2.67 bits per heavy atom. The molecule has 1 unspecified atom stereocenters. The van der Waals surface area contributed by atoms with Gasteiger partial charge < -0.3 is 15.5 Å². The fourth-order valence-electron chi connectivity index (χ4n) is 2.40. The van der Waals surface area contributed by atoms with E-state index in [1.807, 2.05) is 18.0 Å². The molecule has 1 heterocycles. The fourth-order valence-corrected chi connectivity index (χ4v) is 2.40. The third-order valence-electron chi connectivity index (χ3n) is 3.62. The Morgan fingerprint density at radius 2 is 2.00 bits per heavy atom. The molecule has 0 aliphatic carbocycles. The summed E-state index contributed by atoms with van der Waals surface area (Å²) in [5.74, 6) is -0.227. The molecular formula is C15H22ClN3O2. The Hall–Kier alpha value is -1.59. The topological polar surface area (TPSA) is 61.4 Å². The summed E-state index contributed by atoms with van der Waals surface area (Å²) in [6, 6.07) is 9.29. The van der Waals surface area contributed by atoms with Crippen molar-refractivity contribution in [3.05, 3.63) is 35.9 Å². The predicted octanol–water partition coefficient (Wildman–Crippen LogP) is 1.05. The molecule has 0 bridgehead atoms. The van der Waals surface area contributed by atoms with Crippen molar-refractivity contribution in [2.24, 2.45) is 0 Å². The standard InChI is InChI=1S/C15H21N3O2.ClH/c1-16-13-8-5-9-18(11-13)14(19)10-17-15(20)12-6-3-2-4-7-12;/h2-4,6-7,13,16H,5,8-11H2,1H3,(H,17,20);1H. The fraction of sp³-hybridized carbons (Fsp3) is 0.467. The van der Waals surface area contributed by atoms with Gasteiger partial charge in [-0.3, -0.25) is 9.59 Å². The number of rotatable bonds is 4. The maximum Gasteiger partial charge on any atom is 0.251 e. The van der Waals surface area contributed by atoms with Gasteiger partial charge in [0, 0.05) is 24.7 Å². The molecule has 0 spiro atoms. The minimum atomic E-state index is -0.207. The van der Waals surface area contributed by atoms with Crippen molar-refractivity contribution in [3.63, 3.8) is 0 Å². The first kappa shape index (κ1) is 17.5. The summed E-state index contributed by atoms with van der Waals surface area (Å²) < 4.78 is 0. The quantitative estimate of drug-likeness (QED) is 0.874. The van der Waals surface area contributed by atoms with Crippen LogP contribution in [0.25, 0.3) is 0 Å². The highest BCUT2D eigenvalue weighted by Crippen LogP contribution is 2.09. The molecule has 116 valence electrons. The molecule has 1 saturated heterocycles. The van der Waals surface area contributed by atoms with Crippen molar-refractivity contribution >= 4 is 24.2 Å². The lowest BCUT2D eigenvalue weighted by atomic mass is 10.1. The highest BCUT2D eigenvalue weighted by molar-refractivity contribution is 5.96. The Morgan fingerprint density at radius 1 is 1.29 bits per heavy atom. The smallest absolute Gasteiger partial charge is 0.251 e. The summed E-state index contributed by atoms with van der Waals surface area (Å²) in [5, 5.41) is 5.88. The van der Waals surface area contributed by atoms with Crippen LogP contribution in [0.5, 0.6) is 0 Å². The van der Waals surface area contributed by atoms with Gasteiger partial charge in [-0.05, 0) is 32.0 Å². The number of likely N-dealkylation sites (N-methyl/N-ethyl adjacent to an activating group) is 1.